The minimum absolute atomic E-state index is 0.0829. The predicted molar refractivity (Wildman–Crippen MR) is 80.2 cm³/mol. The summed E-state index contributed by atoms with van der Waals surface area (Å²) in [5, 5.41) is 12.6. The van der Waals surface area contributed by atoms with Crippen molar-refractivity contribution in [2.45, 2.75) is 38.2 Å². The highest BCUT2D eigenvalue weighted by molar-refractivity contribution is 8.00. The summed E-state index contributed by atoms with van der Waals surface area (Å²) in [6.45, 7) is 6.35. The van der Waals surface area contributed by atoms with Crippen LogP contribution in [-0.2, 0) is 4.79 Å². The summed E-state index contributed by atoms with van der Waals surface area (Å²) in [6, 6.07) is 6.05. The second-order valence-corrected chi connectivity index (χ2v) is 6.81. The van der Waals surface area contributed by atoms with E-state index in [2.05, 4.69) is 5.32 Å². The third kappa shape index (κ3) is 6.39. The molecule has 0 bridgehead atoms. The third-order valence-electron chi connectivity index (χ3n) is 2.92. The molecule has 1 unspecified atom stereocenters. The number of aliphatic hydroxyl groups is 1. The summed E-state index contributed by atoms with van der Waals surface area (Å²) in [4.78, 5) is 12.5. The van der Waals surface area contributed by atoms with Crippen LogP contribution in [-0.4, -0.2) is 29.4 Å². The van der Waals surface area contributed by atoms with E-state index in [1.54, 1.807) is 12.1 Å². The van der Waals surface area contributed by atoms with E-state index < -0.39 is 6.10 Å². The molecule has 1 rings (SSSR count). The topological polar surface area (TPSA) is 49.3 Å². The fourth-order valence-corrected chi connectivity index (χ4v) is 2.24. The van der Waals surface area contributed by atoms with Crippen molar-refractivity contribution in [3.8, 4) is 0 Å². The molecule has 1 amide bonds. The first-order chi connectivity index (χ1) is 9.29. The Morgan fingerprint density at radius 1 is 1.35 bits per heavy atom. The first-order valence-electron chi connectivity index (χ1n) is 6.62. The lowest BCUT2D eigenvalue weighted by Gasteiger charge is -2.25. The number of amides is 1. The Kier molecular flexibility index (Phi) is 6.49. The van der Waals surface area contributed by atoms with Crippen LogP contribution in [0.15, 0.2) is 29.2 Å². The SMILES string of the molecule is CC(C)(C)C(O)CCNC(=O)CSc1ccc(F)cc1. The molecule has 0 saturated carbocycles. The van der Waals surface area contributed by atoms with E-state index >= 15 is 0 Å². The molecule has 0 aliphatic rings. The quantitative estimate of drug-likeness (QED) is 0.794. The van der Waals surface area contributed by atoms with Crippen molar-refractivity contribution in [1.82, 2.24) is 5.32 Å². The van der Waals surface area contributed by atoms with Crippen molar-refractivity contribution in [2.75, 3.05) is 12.3 Å². The maximum absolute atomic E-state index is 12.7. The average molecular weight is 299 g/mol. The van der Waals surface area contributed by atoms with Gasteiger partial charge in [-0.3, -0.25) is 4.79 Å². The molecule has 2 N–H and O–H groups in total. The van der Waals surface area contributed by atoms with Gasteiger partial charge in [-0.15, -0.1) is 11.8 Å². The molecular formula is C15H22FNO2S. The molecule has 0 spiro atoms. The standard InChI is InChI=1S/C15H22FNO2S/c1-15(2,3)13(18)8-9-17-14(19)10-20-12-6-4-11(16)5-7-12/h4-7,13,18H,8-10H2,1-3H3,(H,17,19). The number of rotatable bonds is 6. The number of hydrogen-bond acceptors (Lipinski definition) is 3. The summed E-state index contributed by atoms with van der Waals surface area (Å²) in [7, 11) is 0. The molecule has 112 valence electrons. The molecule has 0 aliphatic carbocycles. The highest BCUT2D eigenvalue weighted by Gasteiger charge is 2.21. The number of carbonyl (C=O) groups is 1. The van der Waals surface area contributed by atoms with Crippen molar-refractivity contribution < 1.29 is 14.3 Å². The maximum Gasteiger partial charge on any atom is 0.230 e. The zero-order valence-electron chi connectivity index (χ0n) is 12.1. The molecule has 1 aromatic carbocycles. The van der Waals surface area contributed by atoms with Crippen LogP contribution in [0.1, 0.15) is 27.2 Å². The monoisotopic (exact) mass is 299 g/mol. The molecule has 0 heterocycles. The average Bonchev–Trinajstić information content (AvgIpc) is 2.37. The minimum Gasteiger partial charge on any atom is -0.393 e. The summed E-state index contributed by atoms with van der Waals surface area (Å²) >= 11 is 1.36. The molecule has 0 aromatic heterocycles. The largest absolute Gasteiger partial charge is 0.393 e. The Morgan fingerprint density at radius 3 is 2.50 bits per heavy atom. The van der Waals surface area contributed by atoms with E-state index in [1.165, 1.54) is 23.9 Å². The number of halogens is 1. The van der Waals surface area contributed by atoms with E-state index in [9.17, 15) is 14.3 Å². The van der Waals surface area contributed by atoms with Gasteiger partial charge < -0.3 is 10.4 Å². The summed E-state index contributed by atoms with van der Waals surface area (Å²) in [5.74, 6) is -0.0764. The van der Waals surface area contributed by atoms with Crippen molar-refractivity contribution in [1.29, 1.82) is 0 Å². The van der Waals surface area contributed by atoms with Crippen LogP contribution >= 0.6 is 11.8 Å². The van der Waals surface area contributed by atoms with Crippen LogP contribution in [0, 0.1) is 11.2 Å². The fraction of sp³-hybridized carbons (Fsp3) is 0.533. The van der Waals surface area contributed by atoms with Gasteiger partial charge in [-0.2, -0.15) is 0 Å². The van der Waals surface area contributed by atoms with Crippen LogP contribution in [0.5, 0.6) is 0 Å². The van der Waals surface area contributed by atoms with Crippen molar-refractivity contribution in [3.63, 3.8) is 0 Å². The fourth-order valence-electron chi connectivity index (χ4n) is 1.51. The first-order valence-corrected chi connectivity index (χ1v) is 7.61. The van der Waals surface area contributed by atoms with Gasteiger partial charge in [0.1, 0.15) is 5.82 Å². The number of benzene rings is 1. The Labute approximate surface area is 124 Å². The van der Waals surface area contributed by atoms with Crippen LogP contribution in [0.25, 0.3) is 0 Å². The molecule has 20 heavy (non-hydrogen) atoms. The highest BCUT2D eigenvalue weighted by Crippen LogP contribution is 2.21. The Morgan fingerprint density at radius 2 is 1.95 bits per heavy atom. The zero-order valence-corrected chi connectivity index (χ0v) is 13.0. The summed E-state index contributed by atoms with van der Waals surface area (Å²) < 4.78 is 12.7. The van der Waals surface area contributed by atoms with Crippen molar-refractivity contribution in [3.05, 3.63) is 30.1 Å². The molecule has 0 aliphatic heterocycles. The molecule has 0 fully saturated rings. The Bertz CT molecular complexity index is 428. The van der Waals surface area contributed by atoms with E-state index in [4.69, 9.17) is 0 Å². The number of carbonyl (C=O) groups excluding carboxylic acids is 1. The van der Waals surface area contributed by atoms with Crippen molar-refractivity contribution >= 4 is 17.7 Å². The Balaban J connectivity index is 2.22. The van der Waals surface area contributed by atoms with Gasteiger partial charge in [0, 0.05) is 11.4 Å². The number of thioether (sulfide) groups is 1. The van der Waals surface area contributed by atoms with Crippen LogP contribution < -0.4 is 5.32 Å². The smallest absolute Gasteiger partial charge is 0.230 e. The van der Waals surface area contributed by atoms with Gasteiger partial charge in [-0.25, -0.2) is 4.39 Å². The normalized spacial score (nSPS) is 13.1. The van der Waals surface area contributed by atoms with Gasteiger partial charge in [0.25, 0.3) is 0 Å². The van der Waals surface area contributed by atoms with Crippen LogP contribution in [0.3, 0.4) is 0 Å². The second-order valence-electron chi connectivity index (χ2n) is 5.76. The van der Waals surface area contributed by atoms with E-state index in [0.717, 1.165) is 4.90 Å². The van der Waals surface area contributed by atoms with Crippen LogP contribution in [0.4, 0.5) is 4.39 Å². The second kappa shape index (κ2) is 7.64. The van der Waals surface area contributed by atoms with Gasteiger partial charge >= 0.3 is 0 Å². The molecule has 1 aromatic rings. The molecule has 3 nitrogen and oxygen atoms in total. The first kappa shape index (κ1) is 17.0. The van der Waals surface area contributed by atoms with Crippen LogP contribution in [0.2, 0.25) is 0 Å². The van der Waals surface area contributed by atoms with E-state index in [1.807, 2.05) is 20.8 Å². The van der Waals surface area contributed by atoms with Crippen molar-refractivity contribution in [2.24, 2.45) is 5.41 Å². The maximum atomic E-state index is 12.7. The number of hydrogen-bond donors (Lipinski definition) is 2. The Hall–Kier alpha value is -1.07. The lowest BCUT2D eigenvalue weighted by Crippen LogP contribution is -2.33. The van der Waals surface area contributed by atoms with Gasteiger partial charge in [0.15, 0.2) is 0 Å². The lowest BCUT2D eigenvalue weighted by molar-refractivity contribution is -0.118. The molecule has 1 atom stereocenters. The molecule has 0 saturated heterocycles. The lowest BCUT2D eigenvalue weighted by atomic mass is 9.87. The van der Waals surface area contributed by atoms with Gasteiger partial charge in [-0.05, 0) is 36.1 Å². The third-order valence-corrected chi connectivity index (χ3v) is 3.94. The molecule has 0 radical (unpaired) electrons. The molecular weight excluding hydrogens is 277 g/mol. The van der Waals surface area contributed by atoms with Gasteiger partial charge in [0.05, 0.1) is 11.9 Å². The minimum atomic E-state index is -0.437. The predicted octanol–water partition coefficient (Wildman–Crippen LogP) is 2.83. The summed E-state index contributed by atoms with van der Waals surface area (Å²) in [5.41, 5.74) is -0.173. The molecule has 5 heteroatoms. The number of aliphatic hydroxyl groups excluding tert-OH is 1. The highest BCUT2D eigenvalue weighted by atomic mass is 32.2. The van der Waals surface area contributed by atoms with E-state index in [0.29, 0.717) is 13.0 Å². The van der Waals surface area contributed by atoms with Gasteiger partial charge in [-0.1, -0.05) is 20.8 Å². The van der Waals surface area contributed by atoms with E-state index in [-0.39, 0.29) is 22.9 Å². The van der Waals surface area contributed by atoms with Gasteiger partial charge in [0.2, 0.25) is 5.91 Å². The zero-order chi connectivity index (χ0) is 15.2. The number of nitrogens with one attached hydrogen (secondary N) is 1. The summed E-state index contributed by atoms with van der Waals surface area (Å²) in [6.07, 6.45) is 0.101.